The molecule has 56 heavy (non-hydrogen) atoms. The van der Waals surface area contributed by atoms with Gasteiger partial charge in [0, 0.05) is 41.8 Å². The van der Waals surface area contributed by atoms with Crippen molar-refractivity contribution in [3.05, 3.63) is 91.7 Å². The zero-order valence-corrected chi connectivity index (χ0v) is 32.9. The van der Waals surface area contributed by atoms with Gasteiger partial charge in [-0.1, -0.05) is 28.1 Å². The van der Waals surface area contributed by atoms with Gasteiger partial charge in [-0.3, -0.25) is 28.8 Å². The summed E-state index contributed by atoms with van der Waals surface area (Å²) in [5, 5.41) is 11.6. The molecule has 2 aromatic heterocycles. The summed E-state index contributed by atoms with van der Waals surface area (Å²) in [7, 11) is 0. The summed E-state index contributed by atoms with van der Waals surface area (Å²) >= 11 is 3.38. The Hall–Kier alpha value is -5.97. The minimum atomic E-state index is -1.12. The van der Waals surface area contributed by atoms with Gasteiger partial charge in [0.1, 0.15) is 23.3 Å². The Balaban J connectivity index is 0.000000215. The Bertz CT molecular complexity index is 2440. The second kappa shape index (κ2) is 15.6. The number of halogens is 1. The summed E-state index contributed by atoms with van der Waals surface area (Å²) in [4.78, 5) is 112. The Morgan fingerprint density at radius 1 is 0.625 bits per heavy atom. The molecule has 2 saturated heterocycles. The van der Waals surface area contributed by atoms with Gasteiger partial charge in [-0.2, -0.15) is 9.80 Å². The molecule has 2 aliphatic rings. The first kappa shape index (κ1) is 41.2. The Morgan fingerprint density at radius 3 is 1.45 bits per heavy atom. The highest BCUT2D eigenvalue weighted by atomic mass is 79.9. The SMILES string of the molecule is CC(C)(C)OC(=O)N1C(=O)CCC(n2cc3cc(Br)ccc3cc2=O)C1=O.CC(C)(C)OC(=O)N1C(=O)CCC(n2cc3cc(C(=O)O)ccc3cc2=O)C1=O. The van der Waals surface area contributed by atoms with Gasteiger partial charge in [0.2, 0.25) is 11.8 Å². The number of carboxylic acid groups (broad SMARTS) is 1. The van der Waals surface area contributed by atoms with Gasteiger partial charge < -0.3 is 23.7 Å². The monoisotopic (exact) mass is 834 g/mol. The van der Waals surface area contributed by atoms with Crippen LogP contribution in [-0.4, -0.2) is 77.0 Å². The molecule has 0 spiro atoms. The summed E-state index contributed by atoms with van der Waals surface area (Å²) in [6.07, 6.45) is 0.896. The van der Waals surface area contributed by atoms with Crippen LogP contribution in [0.15, 0.2) is 75.0 Å². The number of likely N-dealkylation sites (tertiary alicyclic amines) is 2. The van der Waals surface area contributed by atoms with Gasteiger partial charge in [0.15, 0.2) is 0 Å². The largest absolute Gasteiger partial charge is 0.478 e. The Kier molecular flexibility index (Phi) is 11.5. The van der Waals surface area contributed by atoms with E-state index in [-0.39, 0.29) is 36.8 Å². The van der Waals surface area contributed by atoms with Crippen molar-refractivity contribution in [2.45, 2.75) is 90.5 Å². The lowest BCUT2D eigenvalue weighted by atomic mass is 10.0. The van der Waals surface area contributed by atoms with Crippen molar-refractivity contribution in [2.24, 2.45) is 0 Å². The minimum absolute atomic E-state index is 0.0292. The van der Waals surface area contributed by atoms with Crippen molar-refractivity contribution in [3.63, 3.8) is 0 Å². The van der Waals surface area contributed by atoms with Crippen molar-refractivity contribution >= 4 is 79.3 Å². The lowest BCUT2D eigenvalue weighted by Gasteiger charge is -2.31. The predicted octanol–water partition coefficient (Wildman–Crippen LogP) is 5.71. The predicted molar refractivity (Wildman–Crippen MR) is 204 cm³/mol. The van der Waals surface area contributed by atoms with Crippen molar-refractivity contribution in [3.8, 4) is 0 Å². The average molecular weight is 836 g/mol. The summed E-state index contributed by atoms with van der Waals surface area (Å²) in [5.74, 6) is -4.05. The van der Waals surface area contributed by atoms with Crippen molar-refractivity contribution in [1.29, 1.82) is 0 Å². The van der Waals surface area contributed by atoms with E-state index in [1.54, 1.807) is 53.8 Å². The number of fused-ring (bicyclic) bond motifs is 2. The number of rotatable bonds is 3. The maximum Gasteiger partial charge on any atom is 0.424 e. The molecule has 6 rings (SSSR count). The van der Waals surface area contributed by atoms with Crippen molar-refractivity contribution < 1.29 is 48.1 Å². The van der Waals surface area contributed by atoms with Crippen LogP contribution in [0.5, 0.6) is 0 Å². The maximum atomic E-state index is 12.9. The molecule has 0 saturated carbocycles. The van der Waals surface area contributed by atoms with Gasteiger partial charge in [-0.15, -0.1) is 0 Å². The zero-order valence-electron chi connectivity index (χ0n) is 31.4. The minimum Gasteiger partial charge on any atom is -0.478 e. The van der Waals surface area contributed by atoms with E-state index in [9.17, 15) is 43.2 Å². The summed E-state index contributed by atoms with van der Waals surface area (Å²) < 4.78 is 13.5. The third-order valence-electron chi connectivity index (χ3n) is 8.60. The van der Waals surface area contributed by atoms with E-state index in [4.69, 9.17) is 14.6 Å². The van der Waals surface area contributed by atoms with Gasteiger partial charge in [-0.05, 0) is 100 Å². The third kappa shape index (κ3) is 9.10. The number of imide groups is 6. The van der Waals surface area contributed by atoms with Crippen LogP contribution in [-0.2, 0) is 28.7 Å². The van der Waals surface area contributed by atoms with E-state index in [1.807, 2.05) is 12.1 Å². The lowest BCUT2D eigenvalue weighted by Crippen LogP contribution is -2.51. The number of aromatic nitrogens is 2. The highest BCUT2D eigenvalue weighted by molar-refractivity contribution is 9.10. The normalized spacial score (nSPS) is 17.8. The number of amides is 6. The molecule has 2 aliphatic heterocycles. The molecule has 0 bridgehead atoms. The number of aromatic carboxylic acids is 1. The second-order valence-electron chi connectivity index (χ2n) is 15.2. The first-order chi connectivity index (χ1) is 26.0. The number of carboxylic acids is 1. The van der Waals surface area contributed by atoms with Crippen LogP contribution in [0.25, 0.3) is 21.5 Å². The lowest BCUT2D eigenvalue weighted by molar-refractivity contribution is -0.151. The first-order valence-corrected chi connectivity index (χ1v) is 18.2. The standard InChI is InChI=1S/C20H20N2O7.C19H19BrN2O5/c1-20(2,3)29-19(28)22-15(23)7-6-14(17(22)25)21-10-13-8-12(18(26)27)5-4-11(13)9-16(21)24;1-19(2,3)27-18(26)22-15(23)7-6-14(17(22)25)21-10-12-8-13(20)5-4-11(12)9-16(21)24/h4-5,8-10,14H,6-7H2,1-3H3,(H,26,27);4-5,8-10,14H,6-7H2,1-3H3. The van der Waals surface area contributed by atoms with E-state index >= 15 is 0 Å². The fraction of sp³-hybridized carbons (Fsp3) is 0.359. The number of ether oxygens (including phenoxy) is 2. The average Bonchev–Trinajstić information content (AvgIpc) is 3.07. The highest BCUT2D eigenvalue weighted by Gasteiger charge is 2.43. The van der Waals surface area contributed by atoms with E-state index in [2.05, 4.69) is 15.9 Å². The highest BCUT2D eigenvalue weighted by Crippen LogP contribution is 2.28. The molecule has 6 amide bonds. The molecule has 0 radical (unpaired) electrons. The molecule has 4 heterocycles. The zero-order chi connectivity index (χ0) is 41.4. The van der Waals surface area contributed by atoms with E-state index < -0.39 is 70.6 Å². The molecule has 294 valence electrons. The van der Waals surface area contributed by atoms with Crippen LogP contribution in [0.4, 0.5) is 9.59 Å². The van der Waals surface area contributed by atoms with E-state index in [0.29, 0.717) is 20.6 Å². The number of pyridine rings is 2. The van der Waals surface area contributed by atoms with Crippen molar-refractivity contribution in [1.82, 2.24) is 18.9 Å². The van der Waals surface area contributed by atoms with E-state index in [0.717, 1.165) is 19.8 Å². The van der Waals surface area contributed by atoms with Gasteiger partial charge in [0.05, 0.1) is 5.56 Å². The van der Waals surface area contributed by atoms with Crippen LogP contribution >= 0.6 is 15.9 Å². The number of nitrogens with zero attached hydrogens (tertiary/aromatic N) is 4. The van der Waals surface area contributed by atoms with Gasteiger partial charge >= 0.3 is 18.2 Å². The fourth-order valence-corrected chi connectivity index (χ4v) is 6.50. The molecule has 2 fully saturated rings. The number of hydrogen-bond acceptors (Lipinski definition) is 11. The number of carbonyl (C=O) groups excluding carboxylic acids is 6. The van der Waals surface area contributed by atoms with Crippen molar-refractivity contribution in [2.75, 3.05) is 0 Å². The maximum absolute atomic E-state index is 12.9. The third-order valence-corrected chi connectivity index (χ3v) is 9.10. The Morgan fingerprint density at radius 2 is 1.04 bits per heavy atom. The quantitative estimate of drug-likeness (QED) is 0.246. The van der Waals surface area contributed by atoms with Crippen LogP contribution in [0.3, 0.4) is 0 Å². The summed E-state index contributed by atoms with van der Waals surface area (Å²) in [5.41, 5.74) is -2.60. The molecule has 2 atom stereocenters. The smallest absolute Gasteiger partial charge is 0.424 e. The number of benzene rings is 2. The fourth-order valence-electron chi connectivity index (χ4n) is 6.12. The van der Waals surface area contributed by atoms with Gasteiger partial charge in [0.25, 0.3) is 22.9 Å². The Labute approximate surface area is 327 Å². The molecule has 2 aromatic carbocycles. The number of piperidine rings is 2. The molecule has 16 nitrogen and oxygen atoms in total. The molecule has 17 heteroatoms. The number of hydrogen-bond donors (Lipinski definition) is 1. The first-order valence-electron chi connectivity index (χ1n) is 17.4. The van der Waals surface area contributed by atoms with Gasteiger partial charge in [-0.25, -0.2) is 14.4 Å². The van der Waals surface area contributed by atoms with Crippen LogP contribution < -0.4 is 11.1 Å². The topological polar surface area (TPSA) is 209 Å². The molecular formula is C39H39BrN4O12. The molecule has 1 N–H and O–H groups in total. The van der Waals surface area contributed by atoms with E-state index in [1.165, 1.54) is 41.1 Å². The number of carbonyl (C=O) groups is 7. The van der Waals surface area contributed by atoms with Crippen LogP contribution in [0.2, 0.25) is 0 Å². The molecule has 4 aromatic rings. The summed E-state index contributed by atoms with van der Waals surface area (Å²) in [6, 6.07) is 10.4. The van der Waals surface area contributed by atoms with Crippen LogP contribution in [0.1, 0.15) is 89.7 Å². The van der Waals surface area contributed by atoms with Crippen LogP contribution in [0, 0.1) is 0 Å². The second-order valence-corrected chi connectivity index (χ2v) is 16.1. The molecule has 0 aliphatic carbocycles. The summed E-state index contributed by atoms with van der Waals surface area (Å²) in [6.45, 7) is 9.76. The molecular weight excluding hydrogens is 796 g/mol. The molecule has 2 unspecified atom stereocenters.